The molecule has 0 atom stereocenters. The largest absolute Gasteiger partial charge is 0.463 e. The molecule has 0 aliphatic carbocycles. The Balaban J connectivity index is 2.18. The molecule has 1 heterocycles. The van der Waals surface area contributed by atoms with Gasteiger partial charge in [0.25, 0.3) is 0 Å². The van der Waals surface area contributed by atoms with Crippen molar-refractivity contribution in [2.24, 2.45) is 0 Å². The smallest absolute Gasteiger partial charge is 0.419 e. The highest BCUT2D eigenvalue weighted by molar-refractivity contribution is 5.92. The standard InChI is InChI=1S/C20H25NO4/c1-5-24-18(22)13-9-6-10-15-14-21(19(23)25-20(2,3)4)17-12-8-7-11-16(15)17/h7-9,11-14H,5-6,10H2,1-4H3. The van der Waals surface area contributed by atoms with Gasteiger partial charge in [0.1, 0.15) is 5.60 Å². The number of aryl methyl sites for hydroxylation is 1. The summed E-state index contributed by atoms with van der Waals surface area (Å²) < 4.78 is 11.9. The minimum absolute atomic E-state index is 0.335. The number of fused-ring (bicyclic) bond motifs is 1. The van der Waals surface area contributed by atoms with E-state index in [1.807, 2.05) is 51.2 Å². The van der Waals surface area contributed by atoms with Crippen molar-refractivity contribution in [1.82, 2.24) is 4.57 Å². The predicted molar refractivity (Wildman–Crippen MR) is 97.7 cm³/mol. The summed E-state index contributed by atoms with van der Waals surface area (Å²) in [4.78, 5) is 23.8. The van der Waals surface area contributed by atoms with E-state index in [0.717, 1.165) is 16.5 Å². The van der Waals surface area contributed by atoms with Crippen molar-refractivity contribution < 1.29 is 19.1 Å². The lowest BCUT2D eigenvalue weighted by Crippen LogP contribution is -2.26. The predicted octanol–water partition coefficient (Wildman–Crippen LogP) is 4.48. The molecule has 5 heteroatoms. The number of allylic oxidation sites excluding steroid dienone is 1. The number of esters is 1. The second kappa shape index (κ2) is 8.01. The molecule has 1 aromatic carbocycles. The molecule has 2 aromatic rings. The highest BCUT2D eigenvalue weighted by atomic mass is 16.6. The monoisotopic (exact) mass is 343 g/mol. The Morgan fingerprint density at radius 1 is 1.20 bits per heavy atom. The third kappa shape index (κ3) is 5.21. The molecule has 0 aliphatic rings. The van der Waals surface area contributed by atoms with E-state index in [2.05, 4.69) is 0 Å². The van der Waals surface area contributed by atoms with Gasteiger partial charge in [0.15, 0.2) is 0 Å². The number of nitrogens with zero attached hydrogens (tertiary/aromatic N) is 1. The van der Waals surface area contributed by atoms with Crippen LogP contribution in [0, 0.1) is 0 Å². The van der Waals surface area contributed by atoms with Crippen LogP contribution in [0.15, 0.2) is 42.6 Å². The summed E-state index contributed by atoms with van der Waals surface area (Å²) in [6.45, 7) is 7.68. The summed E-state index contributed by atoms with van der Waals surface area (Å²) in [7, 11) is 0. The maximum absolute atomic E-state index is 12.4. The molecular weight excluding hydrogens is 318 g/mol. The molecule has 2 rings (SSSR count). The summed E-state index contributed by atoms with van der Waals surface area (Å²) >= 11 is 0. The van der Waals surface area contributed by atoms with Crippen molar-refractivity contribution in [2.45, 2.75) is 46.1 Å². The Morgan fingerprint density at radius 3 is 2.60 bits per heavy atom. The maximum atomic E-state index is 12.4. The Bertz CT molecular complexity index is 781. The highest BCUT2D eigenvalue weighted by Crippen LogP contribution is 2.24. The third-order valence-corrected chi connectivity index (χ3v) is 3.51. The number of carbonyl (C=O) groups is 2. The third-order valence-electron chi connectivity index (χ3n) is 3.51. The SMILES string of the molecule is CCOC(=O)C=CCCc1cn(C(=O)OC(C)(C)C)c2ccccc12. The average Bonchev–Trinajstić information content (AvgIpc) is 2.89. The fraction of sp³-hybridized carbons (Fsp3) is 0.400. The lowest BCUT2D eigenvalue weighted by molar-refractivity contribution is -0.137. The van der Waals surface area contributed by atoms with Gasteiger partial charge in [-0.15, -0.1) is 0 Å². The molecule has 0 unspecified atom stereocenters. The van der Waals surface area contributed by atoms with E-state index >= 15 is 0 Å². The lowest BCUT2D eigenvalue weighted by atomic mass is 10.1. The van der Waals surface area contributed by atoms with Crippen LogP contribution in [0.3, 0.4) is 0 Å². The number of benzene rings is 1. The number of hydrogen-bond donors (Lipinski definition) is 0. The molecule has 0 radical (unpaired) electrons. The van der Waals surface area contributed by atoms with Gasteiger partial charge in [-0.1, -0.05) is 24.3 Å². The Hall–Kier alpha value is -2.56. The molecule has 0 aliphatic heterocycles. The van der Waals surface area contributed by atoms with Crippen LogP contribution in [0.2, 0.25) is 0 Å². The summed E-state index contributed by atoms with van der Waals surface area (Å²) in [5.74, 6) is -0.335. The number of rotatable bonds is 5. The normalized spacial score (nSPS) is 11.8. The minimum atomic E-state index is -0.551. The molecule has 0 bridgehead atoms. The van der Waals surface area contributed by atoms with Gasteiger partial charge in [-0.25, -0.2) is 9.59 Å². The number of carbonyl (C=O) groups excluding carboxylic acids is 2. The first-order chi connectivity index (χ1) is 11.8. The van der Waals surface area contributed by atoms with Gasteiger partial charge in [0.2, 0.25) is 0 Å². The molecule has 0 spiro atoms. The van der Waals surface area contributed by atoms with Crippen LogP contribution in [-0.4, -0.2) is 28.8 Å². The zero-order valence-corrected chi connectivity index (χ0v) is 15.2. The van der Waals surface area contributed by atoms with Crippen LogP contribution < -0.4 is 0 Å². The van der Waals surface area contributed by atoms with Crippen LogP contribution in [0.5, 0.6) is 0 Å². The summed E-state index contributed by atoms with van der Waals surface area (Å²) in [5.41, 5.74) is 1.31. The second-order valence-corrected chi connectivity index (χ2v) is 6.71. The Kier molecular flexibility index (Phi) is 6.02. The van der Waals surface area contributed by atoms with E-state index < -0.39 is 11.7 Å². The van der Waals surface area contributed by atoms with Gasteiger partial charge in [-0.05, 0) is 52.2 Å². The Morgan fingerprint density at radius 2 is 1.92 bits per heavy atom. The molecule has 1 aromatic heterocycles. The fourth-order valence-electron chi connectivity index (χ4n) is 2.52. The van der Waals surface area contributed by atoms with Crippen LogP contribution >= 0.6 is 0 Å². The molecule has 0 amide bonds. The molecule has 0 saturated carbocycles. The molecule has 25 heavy (non-hydrogen) atoms. The van der Waals surface area contributed by atoms with Crippen molar-refractivity contribution in [3.8, 4) is 0 Å². The van der Waals surface area contributed by atoms with Crippen molar-refractivity contribution in [2.75, 3.05) is 6.61 Å². The van der Waals surface area contributed by atoms with E-state index in [1.54, 1.807) is 17.6 Å². The van der Waals surface area contributed by atoms with E-state index in [0.29, 0.717) is 19.4 Å². The van der Waals surface area contributed by atoms with Gasteiger partial charge in [-0.3, -0.25) is 4.57 Å². The first-order valence-electron chi connectivity index (χ1n) is 8.47. The molecule has 5 nitrogen and oxygen atoms in total. The Labute approximate surface area is 148 Å². The molecule has 134 valence electrons. The zero-order valence-electron chi connectivity index (χ0n) is 15.2. The van der Waals surface area contributed by atoms with Crippen molar-refractivity contribution in [3.05, 3.63) is 48.2 Å². The second-order valence-electron chi connectivity index (χ2n) is 6.71. The average molecular weight is 343 g/mol. The van der Waals surface area contributed by atoms with E-state index in [4.69, 9.17) is 9.47 Å². The summed E-state index contributed by atoms with van der Waals surface area (Å²) in [6.07, 6.45) is 6.05. The molecule has 0 saturated heterocycles. The zero-order chi connectivity index (χ0) is 18.4. The molecule has 0 fully saturated rings. The topological polar surface area (TPSA) is 57.5 Å². The van der Waals surface area contributed by atoms with Gasteiger partial charge in [-0.2, -0.15) is 0 Å². The van der Waals surface area contributed by atoms with Gasteiger partial charge in [0.05, 0.1) is 12.1 Å². The number of para-hydroxylation sites is 1. The lowest BCUT2D eigenvalue weighted by Gasteiger charge is -2.19. The summed E-state index contributed by atoms with van der Waals surface area (Å²) in [6, 6.07) is 7.73. The quantitative estimate of drug-likeness (QED) is 0.593. The highest BCUT2D eigenvalue weighted by Gasteiger charge is 2.20. The van der Waals surface area contributed by atoms with Gasteiger partial charge in [0, 0.05) is 17.7 Å². The number of aromatic nitrogens is 1. The van der Waals surface area contributed by atoms with E-state index in [9.17, 15) is 9.59 Å². The van der Waals surface area contributed by atoms with Crippen LogP contribution in [0.4, 0.5) is 4.79 Å². The van der Waals surface area contributed by atoms with Crippen molar-refractivity contribution in [1.29, 1.82) is 0 Å². The van der Waals surface area contributed by atoms with Gasteiger partial charge < -0.3 is 9.47 Å². The van der Waals surface area contributed by atoms with Crippen LogP contribution in [0.1, 0.15) is 39.7 Å². The van der Waals surface area contributed by atoms with E-state index in [1.165, 1.54) is 6.08 Å². The van der Waals surface area contributed by atoms with Crippen molar-refractivity contribution >= 4 is 23.0 Å². The molecular formula is C20H25NO4. The first kappa shape index (κ1) is 18.8. The number of ether oxygens (including phenoxy) is 2. The fourth-order valence-corrected chi connectivity index (χ4v) is 2.52. The van der Waals surface area contributed by atoms with Crippen LogP contribution in [0.25, 0.3) is 10.9 Å². The minimum Gasteiger partial charge on any atom is -0.463 e. The molecule has 0 N–H and O–H groups in total. The van der Waals surface area contributed by atoms with Gasteiger partial charge >= 0.3 is 12.1 Å². The van der Waals surface area contributed by atoms with Crippen LogP contribution in [-0.2, 0) is 20.7 Å². The number of hydrogen-bond acceptors (Lipinski definition) is 4. The van der Waals surface area contributed by atoms with E-state index in [-0.39, 0.29) is 5.97 Å². The first-order valence-corrected chi connectivity index (χ1v) is 8.47. The summed E-state index contributed by atoms with van der Waals surface area (Å²) in [5, 5.41) is 1.01. The maximum Gasteiger partial charge on any atom is 0.419 e. The van der Waals surface area contributed by atoms with Crippen molar-refractivity contribution in [3.63, 3.8) is 0 Å².